The van der Waals surface area contributed by atoms with Crippen molar-refractivity contribution in [2.24, 2.45) is 5.10 Å². The molecule has 1 amide bonds. The fraction of sp³-hybridized carbons (Fsp3) is 0.182. The molecular weight excluding hydrogens is 356 g/mol. The molecule has 1 atom stereocenters. The van der Waals surface area contributed by atoms with E-state index in [1.54, 1.807) is 7.11 Å². The van der Waals surface area contributed by atoms with E-state index in [0.717, 1.165) is 27.8 Å². The predicted octanol–water partition coefficient (Wildman–Crippen LogP) is 4.12. The second-order valence-electron chi connectivity index (χ2n) is 6.37. The van der Waals surface area contributed by atoms with Gasteiger partial charge in [-0.25, -0.2) is 0 Å². The van der Waals surface area contributed by atoms with Gasteiger partial charge < -0.3 is 14.2 Å². The minimum absolute atomic E-state index is 0.129. The zero-order valence-electron chi connectivity index (χ0n) is 15.7. The lowest BCUT2D eigenvalue weighted by atomic mass is 10.1. The molecule has 0 radical (unpaired) electrons. The lowest BCUT2D eigenvalue weighted by molar-refractivity contribution is -0.135. The SMILES string of the molecule is COc1ccc(C2OC(COc3cccc4ccccc34)=NN2C(C)=O)cc1. The largest absolute Gasteiger partial charge is 0.497 e. The van der Waals surface area contributed by atoms with Crippen molar-refractivity contribution in [3.63, 3.8) is 0 Å². The van der Waals surface area contributed by atoms with Crippen molar-refractivity contribution < 1.29 is 19.0 Å². The second kappa shape index (κ2) is 7.60. The Kier molecular flexibility index (Phi) is 4.85. The summed E-state index contributed by atoms with van der Waals surface area (Å²) in [7, 11) is 1.61. The van der Waals surface area contributed by atoms with Gasteiger partial charge in [0.25, 0.3) is 0 Å². The molecule has 0 bridgehead atoms. The van der Waals surface area contributed by atoms with Crippen LogP contribution in [0.4, 0.5) is 0 Å². The van der Waals surface area contributed by atoms with E-state index >= 15 is 0 Å². The van der Waals surface area contributed by atoms with Crippen molar-refractivity contribution in [1.29, 1.82) is 0 Å². The number of hydrogen-bond donors (Lipinski definition) is 0. The van der Waals surface area contributed by atoms with Gasteiger partial charge in [0, 0.05) is 17.9 Å². The van der Waals surface area contributed by atoms with Crippen LogP contribution in [0, 0.1) is 0 Å². The van der Waals surface area contributed by atoms with Gasteiger partial charge in [-0.05, 0) is 35.7 Å². The van der Waals surface area contributed by atoms with E-state index in [-0.39, 0.29) is 12.5 Å². The summed E-state index contributed by atoms with van der Waals surface area (Å²) in [6.07, 6.45) is -0.616. The van der Waals surface area contributed by atoms with E-state index in [0.29, 0.717) is 5.90 Å². The standard InChI is InChI=1S/C22H20N2O4/c1-15(25)24-22(17-10-12-18(26-2)13-11-17)28-21(23-24)14-27-20-9-5-7-16-6-3-4-8-19(16)20/h3-13,22H,14H2,1-2H3. The van der Waals surface area contributed by atoms with Gasteiger partial charge in [-0.1, -0.05) is 36.4 Å². The average molecular weight is 376 g/mol. The molecule has 1 aliphatic heterocycles. The molecule has 0 fully saturated rings. The predicted molar refractivity (Wildman–Crippen MR) is 106 cm³/mol. The molecule has 0 aromatic heterocycles. The normalized spacial score (nSPS) is 15.9. The van der Waals surface area contributed by atoms with Crippen LogP contribution in [0.5, 0.6) is 11.5 Å². The molecule has 4 rings (SSSR count). The molecule has 0 aliphatic carbocycles. The molecule has 6 nitrogen and oxygen atoms in total. The first-order chi connectivity index (χ1) is 13.7. The number of fused-ring (bicyclic) bond motifs is 1. The lowest BCUT2D eigenvalue weighted by Crippen LogP contribution is -2.25. The topological polar surface area (TPSA) is 60.4 Å². The van der Waals surface area contributed by atoms with E-state index in [4.69, 9.17) is 14.2 Å². The van der Waals surface area contributed by atoms with Gasteiger partial charge >= 0.3 is 0 Å². The van der Waals surface area contributed by atoms with E-state index in [1.807, 2.05) is 66.7 Å². The molecule has 0 saturated carbocycles. The Morgan fingerprint density at radius 1 is 1.07 bits per heavy atom. The summed E-state index contributed by atoms with van der Waals surface area (Å²) < 4.78 is 17.0. The number of amides is 1. The first-order valence-electron chi connectivity index (χ1n) is 8.94. The highest BCUT2D eigenvalue weighted by atomic mass is 16.6. The highest BCUT2D eigenvalue weighted by Gasteiger charge is 2.32. The van der Waals surface area contributed by atoms with E-state index in [2.05, 4.69) is 5.10 Å². The maximum absolute atomic E-state index is 12.0. The van der Waals surface area contributed by atoms with Gasteiger partial charge in [0.2, 0.25) is 18.0 Å². The van der Waals surface area contributed by atoms with Gasteiger partial charge in [-0.3, -0.25) is 4.79 Å². The van der Waals surface area contributed by atoms with Crippen molar-refractivity contribution in [3.8, 4) is 11.5 Å². The van der Waals surface area contributed by atoms with Crippen LogP contribution in [0.2, 0.25) is 0 Å². The molecule has 3 aromatic rings. The van der Waals surface area contributed by atoms with Crippen LogP contribution in [-0.4, -0.2) is 30.5 Å². The summed E-state index contributed by atoms with van der Waals surface area (Å²) in [6, 6.07) is 21.2. The first kappa shape index (κ1) is 17.9. The monoisotopic (exact) mass is 376 g/mol. The summed E-state index contributed by atoms with van der Waals surface area (Å²) >= 11 is 0. The number of carbonyl (C=O) groups is 1. The number of benzene rings is 3. The van der Waals surface area contributed by atoms with Crippen LogP contribution in [0.15, 0.2) is 71.8 Å². The third-order valence-corrected chi connectivity index (χ3v) is 4.51. The fourth-order valence-electron chi connectivity index (χ4n) is 3.11. The van der Waals surface area contributed by atoms with E-state index < -0.39 is 6.23 Å². The molecular formula is C22H20N2O4. The number of hydrazone groups is 1. The molecule has 0 spiro atoms. The molecule has 1 heterocycles. The molecule has 1 unspecified atom stereocenters. The van der Waals surface area contributed by atoms with Gasteiger partial charge in [0.1, 0.15) is 11.5 Å². The second-order valence-corrected chi connectivity index (χ2v) is 6.37. The minimum atomic E-state index is -0.616. The number of rotatable bonds is 5. The first-order valence-corrected chi connectivity index (χ1v) is 8.94. The summed E-state index contributed by atoms with van der Waals surface area (Å²) in [5.41, 5.74) is 0.805. The maximum Gasteiger partial charge on any atom is 0.247 e. The number of nitrogens with zero attached hydrogens (tertiary/aromatic N) is 2. The van der Waals surface area contributed by atoms with Crippen molar-refractivity contribution in [2.45, 2.75) is 13.2 Å². The Morgan fingerprint density at radius 2 is 1.82 bits per heavy atom. The Hall–Kier alpha value is -3.54. The van der Waals surface area contributed by atoms with Gasteiger partial charge in [-0.15, -0.1) is 5.10 Å². The van der Waals surface area contributed by atoms with Crippen LogP contribution in [0.25, 0.3) is 10.8 Å². The lowest BCUT2D eigenvalue weighted by Gasteiger charge is -2.19. The quantitative estimate of drug-likeness (QED) is 0.672. The number of ether oxygens (including phenoxy) is 3. The number of hydrogen-bond acceptors (Lipinski definition) is 5. The van der Waals surface area contributed by atoms with Crippen molar-refractivity contribution in [2.75, 3.05) is 13.7 Å². The van der Waals surface area contributed by atoms with Crippen LogP contribution in [-0.2, 0) is 9.53 Å². The molecule has 1 aliphatic rings. The van der Waals surface area contributed by atoms with Crippen molar-refractivity contribution in [1.82, 2.24) is 5.01 Å². The zero-order valence-corrected chi connectivity index (χ0v) is 15.7. The fourth-order valence-corrected chi connectivity index (χ4v) is 3.11. The molecule has 142 valence electrons. The van der Waals surface area contributed by atoms with Gasteiger partial charge in [-0.2, -0.15) is 5.01 Å². The van der Waals surface area contributed by atoms with Crippen molar-refractivity contribution in [3.05, 3.63) is 72.3 Å². The van der Waals surface area contributed by atoms with E-state index in [9.17, 15) is 4.79 Å². The number of carbonyl (C=O) groups excluding carboxylic acids is 1. The van der Waals surface area contributed by atoms with E-state index in [1.165, 1.54) is 11.9 Å². The van der Waals surface area contributed by atoms with Crippen LogP contribution < -0.4 is 9.47 Å². The molecule has 0 saturated heterocycles. The Labute approximate surface area is 162 Å². The Balaban J connectivity index is 1.52. The average Bonchev–Trinajstić information content (AvgIpc) is 3.17. The highest BCUT2D eigenvalue weighted by Crippen LogP contribution is 2.30. The smallest absolute Gasteiger partial charge is 0.247 e. The third kappa shape index (κ3) is 3.49. The van der Waals surface area contributed by atoms with Gasteiger partial charge in [0.15, 0.2) is 6.61 Å². The zero-order chi connectivity index (χ0) is 19.5. The van der Waals surface area contributed by atoms with Crippen molar-refractivity contribution >= 4 is 22.6 Å². The van der Waals surface area contributed by atoms with Crippen LogP contribution >= 0.6 is 0 Å². The maximum atomic E-state index is 12.0. The minimum Gasteiger partial charge on any atom is -0.497 e. The van der Waals surface area contributed by atoms with Gasteiger partial charge in [0.05, 0.1) is 7.11 Å². The summed E-state index contributed by atoms with van der Waals surface area (Å²) in [5.74, 6) is 1.62. The Bertz CT molecular complexity index is 1020. The summed E-state index contributed by atoms with van der Waals surface area (Å²) in [6.45, 7) is 1.59. The molecule has 0 N–H and O–H groups in total. The van der Waals surface area contributed by atoms with Crippen LogP contribution in [0.1, 0.15) is 18.7 Å². The Morgan fingerprint density at radius 3 is 2.57 bits per heavy atom. The van der Waals surface area contributed by atoms with Crippen LogP contribution in [0.3, 0.4) is 0 Å². The third-order valence-electron chi connectivity index (χ3n) is 4.51. The molecule has 3 aromatic carbocycles. The summed E-state index contributed by atoms with van der Waals surface area (Å²) in [5, 5.41) is 7.73. The molecule has 6 heteroatoms. The summed E-state index contributed by atoms with van der Waals surface area (Å²) in [4.78, 5) is 12.0. The molecule has 28 heavy (non-hydrogen) atoms. The number of methoxy groups -OCH3 is 1. The highest BCUT2D eigenvalue weighted by molar-refractivity contribution is 5.89.